The standard InChI is InChI=1S/C37H49N10O7P/c1-44(2)25-13-11-23-18-24-12-14-26(45(3)4)20-28(24)46(27(23)19-25)17-9-10-30(48)39-15-7-5-6-8-16-40-37-43-31-34(38)41-22-42-35(31)47(37)36-32(49)33-29(53-36)21-52-55(50,51)54-33/h11-14,18-20,22,29,32-33,36,49H,5-10,15-17,21H2,1-4H3,(H4-,38,39,40,41,42,43,48,50,51)/p+1/t29-,32-,33-,36-/m1/s1. The largest absolute Gasteiger partial charge is 0.472 e. The molecule has 0 bridgehead atoms. The smallest absolute Gasteiger partial charge is 0.386 e. The fraction of sp³-hybridized carbons (Fsp3) is 0.486. The van der Waals surface area contributed by atoms with Crippen LogP contribution in [0.1, 0.15) is 44.8 Å². The normalized spacial score (nSPS) is 22.3. The second-order valence-corrected chi connectivity index (χ2v) is 15.9. The van der Waals surface area contributed by atoms with E-state index in [1.165, 1.54) is 17.1 Å². The van der Waals surface area contributed by atoms with Crippen molar-refractivity contribution in [2.24, 2.45) is 0 Å². The van der Waals surface area contributed by atoms with Crippen molar-refractivity contribution in [2.45, 2.75) is 69.6 Å². The third-order valence-electron chi connectivity index (χ3n) is 10.2. The predicted octanol–water partition coefficient (Wildman–Crippen LogP) is 3.48. The zero-order chi connectivity index (χ0) is 38.9. The van der Waals surface area contributed by atoms with Crippen molar-refractivity contribution in [1.82, 2.24) is 24.8 Å². The number of aliphatic hydroxyl groups excluding tert-OH is 1. The van der Waals surface area contributed by atoms with E-state index in [0.29, 0.717) is 43.0 Å². The number of aliphatic hydroxyl groups is 1. The summed E-state index contributed by atoms with van der Waals surface area (Å²) in [5.74, 6) is 0.568. The van der Waals surface area contributed by atoms with Gasteiger partial charge in [0.2, 0.25) is 22.9 Å². The van der Waals surface area contributed by atoms with Gasteiger partial charge in [0, 0.05) is 88.4 Å². The van der Waals surface area contributed by atoms with Gasteiger partial charge in [0.05, 0.1) is 6.61 Å². The minimum absolute atomic E-state index is 0.0472. The van der Waals surface area contributed by atoms with Gasteiger partial charge in [0.25, 0.3) is 0 Å². The highest BCUT2D eigenvalue weighted by atomic mass is 31.2. The van der Waals surface area contributed by atoms with Gasteiger partial charge >= 0.3 is 7.82 Å². The van der Waals surface area contributed by atoms with Crippen molar-refractivity contribution in [2.75, 3.05) is 68.7 Å². The minimum atomic E-state index is -4.30. The molecule has 3 aromatic heterocycles. The number of imidazole rings is 1. The molecule has 0 radical (unpaired) electrons. The Kier molecular flexibility index (Phi) is 11.4. The van der Waals surface area contributed by atoms with Crippen LogP contribution in [0.5, 0.6) is 0 Å². The summed E-state index contributed by atoms with van der Waals surface area (Å²) in [6, 6.07) is 15.3. The molecule has 2 saturated heterocycles. The SMILES string of the molecule is CN(C)c1ccc2cc3ccc(N(C)C)cc3[n+](CCCC(=O)NCCCCCCNc3nc4c(N)ncnc4n3[C@@H]3O[C@@H]4COP(=O)(O)O[C@H]4[C@H]3O)c2c1. The van der Waals surface area contributed by atoms with Crippen LogP contribution >= 0.6 is 7.82 Å². The van der Waals surface area contributed by atoms with E-state index >= 15 is 0 Å². The van der Waals surface area contributed by atoms with E-state index in [4.69, 9.17) is 19.5 Å². The number of ether oxygens (including phenoxy) is 1. The van der Waals surface area contributed by atoms with Crippen molar-refractivity contribution in [3.05, 3.63) is 48.8 Å². The number of aromatic nitrogens is 5. The Morgan fingerprint density at radius 2 is 1.65 bits per heavy atom. The van der Waals surface area contributed by atoms with Gasteiger partial charge in [-0.05, 0) is 43.2 Å². The first-order valence-corrected chi connectivity index (χ1v) is 20.1. The number of aryl methyl sites for hydroxylation is 1. The number of hydrogen-bond donors (Lipinski definition) is 5. The summed E-state index contributed by atoms with van der Waals surface area (Å²) in [5, 5.41) is 19.8. The molecule has 0 spiro atoms. The Morgan fingerprint density at radius 1 is 0.982 bits per heavy atom. The number of anilines is 4. The van der Waals surface area contributed by atoms with Crippen LogP contribution in [0.25, 0.3) is 33.0 Å². The number of pyridine rings is 1. The van der Waals surface area contributed by atoms with Gasteiger partial charge < -0.3 is 40.9 Å². The fourth-order valence-corrected chi connectivity index (χ4v) is 8.19. The fourth-order valence-electron chi connectivity index (χ4n) is 7.23. The topological polar surface area (TPSA) is 206 Å². The summed E-state index contributed by atoms with van der Waals surface area (Å²) in [4.78, 5) is 39.8. The molecule has 0 saturated carbocycles. The molecular weight excluding hydrogens is 727 g/mol. The van der Waals surface area contributed by atoms with Crippen LogP contribution in [-0.2, 0) is 29.7 Å². The molecule has 1 amide bonds. The molecule has 0 aliphatic carbocycles. The Labute approximate surface area is 319 Å². The van der Waals surface area contributed by atoms with Crippen LogP contribution in [-0.4, -0.2) is 102 Å². The molecule has 2 aliphatic rings. The monoisotopic (exact) mass is 777 g/mol. The van der Waals surface area contributed by atoms with E-state index < -0.39 is 32.4 Å². The van der Waals surface area contributed by atoms with Gasteiger partial charge in [0.15, 0.2) is 23.2 Å². The molecule has 18 heteroatoms. The van der Waals surface area contributed by atoms with E-state index in [-0.39, 0.29) is 18.3 Å². The average Bonchev–Trinajstić information content (AvgIpc) is 3.68. The van der Waals surface area contributed by atoms with Crippen LogP contribution in [0.15, 0.2) is 48.8 Å². The molecule has 6 N–H and O–H groups in total. The van der Waals surface area contributed by atoms with Gasteiger partial charge in [-0.2, -0.15) is 4.57 Å². The number of rotatable bonds is 15. The maximum absolute atomic E-state index is 12.9. The lowest BCUT2D eigenvalue weighted by molar-refractivity contribution is -0.645. The van der Waals surface area contributed by atoms with Crippen molar-refractivity contribution in [1.29, 1.82) is 0 Å². The Balaban J connectivity index is 0.888. The third kappa shape index (κ3) is 8.32. The molecule has 5 aromatic rings. The van der Waals surface area contributed by atoms with Crippen molar-refractivity contribution in [3.8, 4) is 0 Å². The summed E-state index contributed by atoms with van der Waals surface area (Å²) >= 11 is 0. The zero-order valence-corrected chi connectivity index (χ0v) is 32.5. The number of nitrogens with one attached hydrogen (secondary N) is 2. The van der Waals surface area contributed by atoms with E-state index in [1.807, 2.05) is 28.2 Å². The number of fused-ring (bicyclic) bond motifs is 4. The molecule has 1 unspecified atom stereocenters. The van der Waals surface area contributed by atoms with Crippen LogP contribution in [0.3, 0.4) is 0 Å². The number of carbonyl (C=O) groups is 1. The molecule has 5 atom stereocenters. The van der Waals surface area contributed by atoms with Crippen LogP contribution in [0.4, 0.5) is 23.1 Å². The van der Waals surface area contributed by atoms with E-state index in [9.17, 15) is 19.4 Å². The maximum atomic E-state index is 12.9. The molecule has 7 rings (SSSR count). The minimum Gasteiger partial charge on any atom is -0.386 e. The van der Waals surface area contributed by atoms with Gasteiger partial charge in [-0.3, -0.25) is 18.4 Å². The Hall–Kier alpha value is -4.64. The average molecular weight is 778 g/mol. The number of nitrogens with zero attached hydrogens (tertiary/aromatic N) is 7. The molecule has 2 aliphatic heterocycles. The van der Waals surface area contributed by atoms with E-state index in [2.05, 4.69) is 82.4 Å². The summed E-state index contributed by atoms with van der Waals surface area (Å²) in [5.41, 5.74) is 11.3. The lowest BCUT2D eigenvalue weighted by Gasteiger charge is -2.27. The number of hydrogen-bond acceptors (Lipinski definition) is 13. The van der Waals surface area contributed by atoms with Crippen LogP contribution in [0.2, 0.25) is 0 Å². The summed E-state index contributed by atoms with van der Waals surface area (Å²) in [6.45, 7) is 1.66. The molecule has 294 valence electrons. The predicted molar refractivity (Wildman–Crippen MR) is 210 cm³/mol. The first kappa shape index (κ1) is 38.6. The van der Waals surface area contributed by atoms with Gasteiger partial charge in [-0.1, -0.05) is 12.8 Å². The number of amides is 1. The second kappa shape index (κ2) is 16.2. The summed E-state index contributed by atoms with van der Waals surface area (Å²) < 4.78 is 31.9. The first-order valence-electron chi connectivity index (χ1n) is 18.6. The highest BCUT2D eigenvalue weighted by Gasteiger charge is 2.53. The molecule has 17 nitrogen and oxygen atoms in total. The first-order chi connectivity index (χ1) is 26.4. The zero-order valence-electron chi connectivity index (χ0n) is 31.6. The van der Waals surface area contributed by atoms with Gasteiger partial charge in [-0.25, -0.2) is 19.5 Å². The molecule has 2 aromatic carbocycles. The second-order valence-electron chi connectivity index (χ2n) is 14.5. The van der Waals surface area contributed by atoms with Crippen LogP contribution in [0, 0.1) is 0 Å². The van der Waals surface area contributed by atoms with Gasteiger partial charge in [0.1, 0.15) is 31.2 Å². The quantitative estimate of drug-likeness (QED) is 0.0447. The number of nitrogens with two attached hydrogens (primary N) is 1. The highest BCUT2D eigenvalue weighted by molar-refractivity contribution is 7.47. The van der Waals surface area contributed by atoms with Crippen molar-refractivity contribution in [3.63, 3.8) is 0 Å². The Morgan fingerprint density at radius 3 is 2.33 bits per heavy atom. The number of nitrogen functional groups attached to an aromatic ring is 1. The third-order valence-corrected chi connectivity index (χ3v) is 11.2. The number of benzene rings is 2. The lowest BCUT2D eigenvalue weighted by atomic mass is 10.1. The maximum Gasteiger partial charge on any atom is 0.472 e. The van der Waals surface area contributed by atoms with E-state index in [1.54, 1.807) is 4.57 Å². The number of phosphoric acid groups is 1. The van der Waals surface area contributed by atoms with Crippen molar-refractivity contribution >= 4 is 69.8 Å². The van der Waals surface area contributed by atoms with Gasteiger partial charge in [-0.15, -0.1) is 0 Å². The molecule has 5 heterocycles. The highest BCUT2D eigenvalue weighted by Crippen LogP contribution is 2.53. The summed E-state index contributed by atoms with van der Waals surface area (Å²) in [7, 11) is 3.88. The number of carbonyl (C=O) groups excluding carboxylic acids is 1. The number of phosphoric ester groups is 1. The Bertz CT molecular complexity index is 2170. The lowest BCUT2D eigenvalue weighted by Crippen LogP contribution is -2.39. The van der Waals surface area contributed by atoms with Crippen molar-refractivity contribution < 1.29 is 37.7 Å². The van der Waals surface area contributed by atoms with E-state index in [0.717, 1.165) is 54.6 Å². The number of unbranched alkanes of at least 4 members (excludes halogenated alkanes) is 3. The summed E-state index contributed by atoms with van der Waals surface area (Å²) in [6.07, 6.45) is 1.75. The molecular formula is C37H50N10O7P+. The molecule has 55 heavy (non-hydrogen) atoms. The van der Waals surface area contributed by atoms with Crippen LogP contribution < -0.4 is 30.7 Å². The molecule has 2 fully saturated rings.